The molecular formula is C31H34F3N2OPS. The fraction of sp³-hybridized carbons (Fsp3) is 0.355. The van der Waals surface area contributed by atoms with Crippen molar-refractivity contribution in [1.29, 1.82) is 0 Å². The van der Waals surface area contributed by atoms with E-state index in [-0.39, 0.29) is 5.92 Å². The molecule has 1 N–H and O–H groups in total. The van der Waals surface area contributed by atoms with Gasteiger partial charge >= 0.3 is 6.18 Å². The van der Waals surface area contributed by atoms with Gasteiger partial charge in [-0.05, 0) is 61.1 Å². The van der Waals surface area contributed by atoms with Crippen molar-refractivity contribution in [2.75, 3.05) is 18.6 Å². The zero-order valence-corrected chi connectivity index (χ0v) is 24.0. The highest BCUT2D eigenvalue weighted by molar-refractivity contribution is 7.80. The first-order chi connectivity index (χ1) is 18.7. The summed E-state index contributed by atoms with van der Waals surface area (Å²) in [5, 5.41) is 3.61. The summed E-state index contributed by atoms with van der Waals surface area (Å²) in [6, 6.07) is 21.9. The number of halogens is 3. The zero-order chi connectivity index (χ0) is 28.0. The molecule has 3 aromatic carbocycles. The Bertz CT molecular complexity index is 1280. The van der Waals surface area contributed by atoms with Gasteiger partial charge in [-0.2, -0.15) is 13.2 Å². The minimum atomic E-state index is -4.36. The molecule has 3 nitrogen and oxygen atoms in total. The van der Waals surface area contributed by atoms with Gasteiger partial charge in [0.1, 0.15) is 5.75 Å². The first-order valence-electron chi connectivity index (χ1n) is 13.2. The molecule has 1 fully saturated rings. The average Bonchev–Trinajstić information content (AvgIpc) is 3.43. The van der Waals surface area contributed by atoms with Crippen LogP contribution < -0.4 is 15.0 Å². The Morgan fingerprint density at radius 2 is 1.72 bits per heavy atom. The lowest BCUT2D eigenvalue weighted by Gasteiger charge is -2.33. The van der Waals surface area contributed by atoms with Gasteiger partial charge in [-0.15, -0.1) is 0 Å². The molecule has 3 aromatic rings. The Labute approximate surface area is 236 Å². The normalized spacial score (nSPS) is 14.6. The van der Waals surface area contributed by atoms with Gasteiger partial charge in [-0.1, -0.05) is 82.5 Å². The molecule has 1 aliphatic rings. The number of thiocarbonyl (C=S) groups is 1. The number of anilines is 1. The molecule has 0 bridgehead atoms. The van der Waals surface area contributed by atoms with E-state index in [9.17, 15) is 13.2 Å². The van der Waals surface area contributed by atoms with Gasteiger partial charge in [0.05, 0.1) is 29.0 Å². The molecule has 0 heterocycles. The molecular weight excluding hydrogens is 536 g/mol. The number of hydrogen-bond acceptors (Lipinski definition) is 2. The highest BCUT2D eigenvalue weighted by Gasteiger charge is 2.31. The number of nitrogens with zero attached hydrogens (tertiary/aromatic N) is 1. The number of methoxy groups -OCH3 is 1. The molecule has 39 heavy (non-hydrogen) atoms. The fourth-order valence-corrected chi connectivity index (χ4v) is 6.13. The third kappa shape index (κ3) is 7.40. The van der Waals surface area contributed by atoms with Crippen LogP contribution in [0.15, 0.2) is 72.8 Å². The highest BCUT2D eigenvalue weighted by Crippen LogP contribution is 2.32. The molecule has 0 spiro atoms. The monoisotopic (exact) mass is 570 g/mol. The van der Waals surface area contributed by atoms with Crippen LogP contribution in [-0.2, 0) is 12.6 Å². The van der Waals surface area contributed by atoms with E-state index in [1.165, 1.54) is 12.8 Å². The van der Waals surface area contributed by atoms with E-state index in [0.29, 0.717) is 19.0 Å². The smallest absolute Gasteiger partial charge is 0.416 e. The highest BCUT2D eigenvalue weighted by atomic mass is 32.1. The van der Waals surface area contributed by atoms with E-state index in [4.69, 9.17) is 17.0 Å². The summed E-state index contributed by atoms with van der Waals surface area (Å²) in [7, 11) is 5.65. The second kappa shape index (κ2) is 13.0. The molecule has 206 valence electrons. The predicted octanol–water partition coefficient (Wildman–Crippen LogP) is 7.99. The molecule has 0 radical (unpaired) electrons. The van der Waals surface area contributed by atoms with Crippen molar-refractivity contribution in [1.82, 2.24) is 5.32 Å². The second-order valence-corrected chi connectivity index (χ2v) is 10.9. The van der Waals surface area contributed by atoms with E-state index in [1.807, 2.05) is 43.3 Å². The maximum Gasteiger partial charge on any atom is 0.416 e. The number of aryl methyl sites for hydroxylation is 1. The van der Waals surface area contributed by atoms with Gasteiger partial charge in [-0.25, -0.2) is 0 Å². The van der Waals surface area contributed by atoms with Crippen molar-refractivity contribution in [2.45, 2.75) is 57.2 Å². The van der Waals surface area contributed by atoms with Crippen molar-refractivity contribution in [3.05, 3.63) is 95.1 Å². The van der Waals surface area contributed by atoms with E-state index < -0.39 is 11.7 Å². The van der Waals surface area contributed by atoms with E-state index in [1.54, 1.807) is 19.2 Å². The average molecular weight is 571 g/mol. The SMILES string of the molecule is COc1cc(N(CCc2ccc(C(F)(F)F)cc2)C(=P)C(C(=S)NC2CCCC2)c2ccccc2)ccc1C. The maximum atomic E-state index is 13.1. The molecule has 4 rings (SSSR count). The van der Waals surface area contributed by atoms with Gasteiger partial charge in [0, 0.05) is 24.3 Å². The number of ether oxygens (including phenoxy) is 1. The second-order valence-electron chi connectivity index (χ2n) is 9.97. The number of rotatable bonds is 10. The Kier molecular flexibility index (Phi) is 9.68. The minimum Gasteiger partial charge on any atom is -0.496 e. The summed E-state index contributed by atoms with van der Waals surface area (Å²) in [6.07, 6.45) is 0.778. The quantitative estimate of drug-likeness (QED) is 0.197. The van der Waals surface area contributed by atoms with E-state index in [2.05, 4.69) is 31.2 Å². The van der Waals surface area contributed by atoms with Crippen LogP contribution in [0, 0.1) is 6.92 Å². The lowest BCUT2D eigenvalue weighted by Crippen LogP contribution is -2.43. The van der Waals surface area contributed by atoms with E-state index >= 15 is 0 Å². The van der Waals surface area contributed by atoms with Crippen LogP contribution in [0.2, 0.25) is 0 Å². The lowest BCUT2D eigenvalue weighted by atomic mass is 9.96. The Morgan fingerprint density at radius 1 is 1.05 bits per heavy atom. The van der Waals surface area contributed by atoms with Crippen LogP contribution in [0.25, 0.3) is 0 Å². The molecule has 1 unspecified atom stereocenters. The largest absolute Gasteiger partial charge is 0.496 e. The standard InChI is InChI=1S/C31H34F3N2OPS/c1-21-12-17-26(20-27(21)37-2)36(19-18-22-13-15-24(16-14-22)31(32,33)34)30(38)28(23-8-4-3-5-9-23)29(39)35-25-10-6-7-11-25/h3-5,8-9,12-17,20,25,28,38H,6-7,10-11,18-19H2,1-2H3,(H,35,39). The summed E-state index contributed by atoms with van der Waals surface area (Å²) in [4.78, 5) is 2.88. The van der Waals surface area contributed by atoms with Gasteiger partial charge in [0.25, 0.3) is 0 Å². The zero-order valence-electron chi connectivity index (χ0n) is 22.2. The third-order valence-corrected chi connectivity index (χ3v) is 8.18. The van der Waals surface area contributed by atoms with Gasteiger partial charge in [0.2, 0.25) is 0 Å². The van der Waals surface area contributed by atoms with Crippen molar-refractivity contribution >= 4 is 37.2 Å². The summed E-state index contributed by atoms with van der Waals surface area (Å²) >= 11 is 6.01. The molecule has 1 atom stereocenters. The molecule has 8 heteroatoms. The van der Waals surface area contributed by atoms with Crippen LogP contribution in [-0.4, -0.2) is 30.1 Å². The summed E-state index contributed by atoms with van der Waals surface area (Å²) < 4.78 is 44.9. The number of alkyl halides is 3. The van der Waals surface area contributed by atoms with E-state index in [0.717, 1.165) is 63.5 Å². The topological polar surface area (TPSA) is 24.5 Å². The molecule has 0 aliphatic heterocycles. The minimum absolute atomic E-state index is 0.238. The first-order valence-corrected chi connectivity index (χ1v) is 14.1. The molecule has 1 saturated carbocycles. The van der Waals surface area contributed by atoms with Crippen LogP contribution in [0.3, 0.4) is 0 Å². The molecule has 0 saturated heterocycles. The van der Waals surface area contributed by atoms with Crippen molar-refractivity contribution < 1.29 is 17.9 Å². The maximum absolute atomic E-state index is 13.1. The van der Waals surface area contributed by atoms with Crippen LogP contribution in [0.1, 0.15) is 53.9 Å². The fourth-order valence-electron chi connectivity index (χ4n) is 5.06. The lowest BCUT2D eigenvalue weighted by molar-refractivity contribution is -0.137. The third-order valence-electron chi connectivity index (χ3n) is 7.27. The Balaban J connectivity index is 1.67. The first kappa shape index (κ1) is 29.1. The number of benzene rings is 3. The molecule has 0 amide bonds. The summed E-state index contributed by atoms with van der Waals surface area (Å²) in [5.74, 6) is 0.521. The summed E-state index contributed by atoms with van der Waals surface area (Å²) in [6.45, 7) is 2.51. The number of hydrogen-bond donors (Lipinski definition) is 1. The predicted molar refractivity (Wildman–Crippen MR) is 161 cm³/mol. The molecule has 1 aliphatic carbocycles. The van der Waals surface area contributed by atoms with Crippen LogP contribution in [0.5, 0.6) is 5.75 Å². The number of nitrogens with one attached hydrogen (secondary N) is 1. The van der Waals surface area contributed by atoms with Crippen molar-refractivity contribution in [3.8, 4) is 5.75 Å². The van der Waals surface area contributed by atoms with Crippen LogP contribution >= 0.6 is 21.1 Å². The van der Waals surface area contributed by atoms with Gasteiger partial charge in [-0.3, -0.25) is 0 Å². The van der Waals surface area contributed by atoms with Gasteiger partial charge < -0.3 is 15.0 Å². The van der Waals surface area contributed by atoms with Gasteiger partial charge in [0.15, 0.2) is 0 Å². The van der Waals surface area contributed by atoms with Crippen molar-refractivity contribution in [3.63, 3.8) is 0 Å². The van der Waals surface area contributed by atoms with Crippen LogP contribution in [0.4, 0.5) is 18.9 Å². The molecule has 0 aromatic heterocycles. The summed E-state index contributed by atoms with van der Waals surface area (Å²) in [5.41, 5.74) is 3.99. The van der Waals surface area contributed by atoms with Crippen molar-refractivity contribution in [2.24, 2.45) is 0 Å². The Morgan fingerprint density at radius 3 is 2.33 bits per heavy atom. The Hall–Kier alpha value is -2.89.